The maximum Gasteiger partial charge on any atom is 0.255 e. The van der Waals surface area contributed by atoms with E-state index in [2.05, 4.69) is 35.3 Å². The summed E-state index contributed by atoms with van der Waals surface area (Å²) < 4.78 is 13.5. The van der Waals surface area contributed by atoms with Gasteiger partial charge in [0.25, 0.3) is 5.91 Å². The first-order valence-corrected chi connectivity index (χ1v) is 18.5. The van der Waals surface area contributed by atoms with Crippen molar-refractivity contribution in [3.63, 3.8) is 0 Å². The molecule has 0 saturated heterocycles. The van der Waals surface area contributed by atoms with Crippen molar-refractivity contribution in [3.05, 3.63) is 72.4 Å². The summed E-state index contributed by atoms with van der Waals surface area (Å²) in [5, 5.41) is 6.60. The summed E-state index contributed by atoms with van der Waals surface area (Å²) in [5.41, 5.74) is 4.11. The highest BCUT2D eigenvalue weighted by atomic mass is 32.2. The molecular formula is C31H37N5O4SSi. The average molecular weight is 604 g/mol. The number of carbonyl (C=O) groups is 2. The molecule has 2 aromatic carbocycles. The molecule has 0 aliphatic rings. The van der Waals surface area contributed by atoms with Crippen LogP contribution in [0.15, 0.2) is 72.0 Å². The molecule has 0 unspecified atom stereocenters. The zero-order valence-corrected chi connectivity index (χ0v) is 26.7. The number of carbonyl (C=O) groups excluding carboxylic acids is 2. The number of hydrogen-bond acceptors (Lipinski definition) is 7. The Kier molecular flexibility index (Phi) is 10.2. The number of methoxy groups -OCH3 is 1. The molecule has 0 saturated carbocycles. The quantitative estimate of drug-likeness (QED) is 0.103. The van der Waals surface area contributed by atoms with Crippen LogP contribution in [0.4, 0.5) is 11.5 Å². The summed E-state index contributed by atoms with van der Waals surface area (Å²) in [7, 11) is 0.294. The molecule has 2 heterocycles. The Labute approximate surface area is 252 Å². The first-order valence-electron chi connectivity index (χ1n) is 13.6. The topological polar surface area (TPSA) is 107 Å². The number of ether oxygens (including phenoxy) is 2. The average Bonchev–Trinajstić information content (AvgIpc) is 3.33. The molecule has 4 aromatic rings. The van der Waals surface area contributed by atoms with Gasteiger partial charge >= 0.3 is 0 Å². The van der Waals surface area contributed by atoms with E-state index in [1.54, 1.807) is 37.6 Å². The number of imidazole rings is 1. The van der Waals surface area contributed by atoms with Crippen molar-refractivity contribution in [2.24, 2.45) is 0 Å². The van der Waals surface area contributed by atoms with E-state index < -0.39 is 8.07 Å². The number of benzene rings is 2. The summed E-state index contributed by atoms with van der Waals surface area (Å²) in [6.45, 7) is 9.37. The standard InChI is InChI=1S/C31H37N5O4SSi/c1-21(37)33-27-19-22(14-15-32-27)29-28(35-31(41-3)36(29)20-40-16-17-42(4,5)6)25-12-7-8-13-26(25)34-30(38)23-10-9-11-24(18-23)39-2/h7-15,18-19H,16-17,20H2,1-6H3,(H,34,38)(H,32,33,37). The van der Waals surface area contributed by atoms with Gasteiger partial charge in [-0.25, -0.2) is 9.97 Å². The number of amides is 2. The van der Waals surface area contributed by atoms with Gasteiger partial charge in [0.05, 0.1) is 24.2 Å². The second kappa shape index (κ2) is 13.8. The van der Waals surface area contributed by atoms with E-state index in [0.29, 0.717) is 41.8 Å². The van der Waals surface area contributed by atoms with Gasteiger partial charge in [-0.1, -0.05) is 55.7 Å². The van der Waals surface area contributed by atoms with Gasteiger partial charge in [-0.3, -0.25) is 14.2 Å². The molecule has 0 radical (unpaired) electrons. The number of thioether (sulfide) groups is 1. The highest BCUT2D eigenvalue weighted by molar-refractivity contribution is 7.98. The summed E-state index contributed by atoms with van der Waals surface area (Å²) in [5.74, 6) is 0.560. The predicted octanol–water partition coefficient (Wildman–Crippen LogP) is 6.87. The van der Waals surface area contributed by atoms with E-state index in [9.17, 15) is 9.59 Å². The van der Waals surface area contributed by atoms with Gasteiger partial charge < -0.3 is 20.1 Å². The normalized spacial score (nSPS) is 11.3. The monoisotopic (exact) mass is 603 g/mol. The van der Waals surface area contributed by atoms with Crippen LogP contribution in [-0.2, 0) is 16.3 Å². The van der Waals surface area contributed by atoms with Crippen LogP contribution in [0.25, 0.3) is 22.5 Å². The van der Waals surface area contributed by atoms with Crippen LogP contribution in [0, 0.1) is 0 Å². The number of hydrogen-bond donors (Lipinski definition) is 2. The zero-order valence-electron chi connectivity index (χ0n) is 24.9. The van der Waals surface area contributed by atoms with Crippen LogP contribution in [0.2, 0.25) is 25.7 Å². The molecule has 0 bridgehead atoms. The number of pyridine rings is 1. The maximum atomic E-state index is 13.3. The van der Waals surface area contributed by atoms with Crippen molar-refractivity contribution >= 4 is 43.2 Å². The molecule has 11 heteroatoms. The summed E-state index contributed by atoms with van der Waals surface area (Å²) in [6, 6.07) is 19.3. The molecule has 0 aliphatic carbocycles. The Balaban J connectivity index is 1.80. The molecule has 0 spiro atoms. The molecule has 9 nitrogen and oxygen atoms in total. The van der Waals surface area contributed by atoms with E-state index >= 15 is 0 Å². The Hall–Kier alpha value is -3.93. The van der Waals surface area contributed by atoms with E-state index in [0.717, 1.165) is 28.0 Å². The van der Waals surface area contributed by atoms with Crippen LogP contribution < -0.4 is 15.4 Å². The summed E-state index contributed by atoms with van der Waals surface area (Å²) in [6.07, 6.45) is 3.63. The molecule has 2 N–H and O–H groups in total. The number of nitrogens with zero attached hydrogens (tertiary/aromatic N) is 3. The number of para-hydroxylation sites is 1. The number of anilines is 2. The highest BCUT2D eigenvalue weighted by Crippen LogP contribution is 2.39. The molecule has 220 valence electrons. The van der Waals surface area contributed by atoms with Crippen molar-refractivity contribution in [1.29, 1.82) is 0 Å². The minimum Gasteiger partial charge on any atom is -0.497 e. The lowest BCUT2D eigenvalue weighted by molar-refractivity contribution is -0.114. The first kappa shape index (κ1) is 31.0. The second-order valence-corrected chi connectivity index (χ2v) is 17.3. The smallest absolute Gasteiger partial charge is 0.255 e. The molecule has 0 aliphatic heterocycles. The van der Waals surface area contributed by atoms with Gasteiger partial charge in [-0.2, -0.15) is 0 Å². The lowest BCUT2D eigenvalue weighted by Gasteiger charge is -2.17. The third-order valence-corrected chi connectivity index (χ3v) is 8.81. The van der Waals surface area contributed by atoms with E-state index in [1.165, 1.54) is 18.7 Å². The van der Waals surface area contributed by atoms with Crippen molar-refractivity contribution < 1.29 is 19.1 Å². The summed E-state index contributed by atoms with van der Waals surface area (Å²) >= 11 is 1.51. The van der Waals surface area contributed by atoms with Crippen molar-refractivity contribution in [2.75, 3.05) is 30.6 Å². The van der Waals surface area contributed by atoms with Crippen molar-refractivity contribution in [3.8, 4) is 28.3 Å². The Morgan fingerprint density at radius 1 is 1.02 bits per heavy atom. The largest absolute Gasteiger partial charge is 0.497 e. The van der Waals surface area contributed by atoms with E-state index in [1.807, 2.05) is 47.2 Å². The number of nitrogens with one attached hydrogen (secondary N) is 2. The first-order chi connectivity index (χ1) is 20.1. The molecule has 0 atom stereocenters. The minimum absolute atomic E-state index is 0.210. The third-order valence-electron chi connectivity index (χ3n) is 6.43. The van der Waals surface area contributed by atoms with Gasteiger partial charge in [0, 0.05) is 44.5 Å². The molecule has 2 aromatic heterocycles. The Bertz CT molecular complexity index is 1570. The van der Waals surface area contributed by atoms with Crippen LogP contribution in [0.3, 0.4) is 0 Å². The van der Waals surface area contributed by atoms with Crippen LogP contribution >= 0.6 is 11.8 Å². The molecule has 42 heavy (non-hydrogen) atoms. The van der Waals surface area contributed by atoms with Gasteiger partial charge in [-0.15, -0.1) is 0 Å². The Morgan fingerprint density at radius 2 is 1.81 bits per heavy atom. The fourth-order valence-corrected chi connectivity index (χ4v) is 5.61. The summed E-state index contributed by atoms with van der Waals surface area (Å²) in [4.78, 5) is 34.4. The van der Waals surface area contributed by atoms with E-state index in [4.69, 9.17) is 14.5 Å². The third kappa shape index (κ3) is 7.87. The van der Waals surface area contributed by atoms with Gasteiger partial charge in [-0.05, 0) is 48.7 Å². The van der Waals surface area contributed by atoms with Crippen molar-refractivity contribution in [2.45, 2.75) is 44.5 Å². The molecular weight excluding hydrogens is 567 g/mol. The van der Waals surface area contributed by atoms with Crippen LogP contribution in [-0.4, -0.2) is 54.4 Å². The van der Waals surface area contributed by atoms with E-state index in [-0.39, 0.29) is 11.8 Å². The minimum atomic E-state index is -1.27. The maximum absolute atomic E-state index is 13.3. The van der Waals surface area contributed by atoms with Gasteiger partial charge in [0.2, 0.25) is 5.91 Å². The Morgan fingerprint density at radius 3 is 2.52 bits per heavy atom. The predicted molar refractivity (Wildman–Crippen MR) is 172 cm³/mol. The van der Waals surface area contributed by atoms with Crippen LogP contribution in [0.5, 0.6) is 5.75 Å². The lowest BCUT2D eigenvalue weighted by Crippen LogP contribution is -2.22. The van der Waals surface area contributed by atoms with Gasteiger partial charge in [0.15, 0.2) is 5.16 Å². The number of rotatable bonds is 12. The fraction of sp³-hybridized carbons (Fsp3) is 0.290. The molecule has 0 fully saturated rings. The van der Waals surface area contributed by atoms with Crippen LogP contribution in [0.1, 0.15) is 17.3 Å². The molecule has 4 rings (SSSR count). The lowest BCUT2D eigenvalue weighted by atomic mass is 10.0. The van der Waals surface area contributed by atoms with Gasteiger partial charge in [0.1, 0.15) is 18.3 Å². The fourth-order valence-electron chi connectivity index (χ4n) is 4.31. The highest BCUT2D eigenvalue weighted by Gasteiger charge is 2.23. The van der Waals surface area contributed by atoms with Crippen molar-refractivity contribution in [1.82, 2.24) is 14.5 Å². The zero-order chi connectivity index (χ0) is 30.3. The second-order valence-electron chi connectivity index (χ2n) is 10.9. The molecule has 2 amide bonds. The number of aromatic nitrogens is 3. The SMILES string of the molecule is COc1cccc(C(=O)Nc2ccccc2-c2nc(SC)n(COCC[Si](C)(C)C)c2-c2ccnc(NC(C)=O)c2)c1.